The van der Waals surface area contributed by atoms with Crippen LogP contribution in [0.5, 0.6) is 5.88 Å². The molecule has 0 bridgehead atoms. The largest absolute Gasteiger partial charge is 0.475 e. The number of nitrogens with zero attached hydrogens (tertiary/aromatic N) is 5. The van der Waals surface area contributed by atoms with Crippen LogP contribution in [0.4, 0.5) is 13.2 Å². The highest BCUT2D eigenvalue weighted by Crippen LogP contribution is 2.32. The van der Waals surface area contributed by atoms with Crippen molar-refractivity contribution in [2.45, 2.75) is 59.0 Å². The molecule has 0 spiro atoms. The first-order valence-electron chi connectivity index (χ1n) is 10.8. The normalized spacial score (nSPS) is 16.5. The molecule has 1 aliphatic heterocycles. The van der Waals surface area contributed by atoms with Crippen LogP contribution in [0.1, 0.15) is 42.3 Å². The van der Waals surface area contributed by atoms with E-state index in [4.69, 9.17) is 9.47 Å². The van der Waals surface area contributed by atoms with Crippen LogP contribution in [0.3, 0.4) is 0 Å². The summed E-state index contributed by atoms with van der Waals surface area (Å²) in [5.74, 6) is -0.336. The first-order chi connectivity index (χ1) is 15.7. The Bertz CT molecular complexity index is 1190. The highest BCUT2D eigenvalue weighted by molar-refractivity contribution is 5.37. The van der Waals surface area contributed by atoms with Crippen molar-refractivity contribution in [2.75, 3.05) is 13.2 Å². The average Bonchev–Trinajstić information content (AvgIpc) is 3.50. The zero-order valence-corrected chi connectivity index (χ0v) is 18.7. The lowest BCUT2D eigenvalue weighted by Crippen LogP contribution is -2.26. The zero-order chi connectivity index (χ0) is 23.8. The SMILES string of the molecule is CCn1cc(Cn2c(C)c(C)n(-c3cc(C(F)(F)F)cc(OCC4CCCO4)n3)c2=O)cn1. The third-order valence-electron chi connectivity index (χ3n) is 5.82. The van der Waals surface area contributed by atoms with Crippen LogP contribution < -0.4 is 10.4 Å². The van der Waals surface area contributed by atoms with Gasteiger partial charge in [0.25, 0.3) is 0 Å². The predicted octanol–water partition coefficient (Wildman–Crippen LogP) is 3.49. The second kappa shape index (κ2) is 9.05. The second-order valence-corrected chi connectivity index (χ2v) is 8.08. The van der Waals surface area contributed by atoms with Gasteiger partial charge in [-0.3, -0.25) is 9.25 Å². The summed E-state index contributed by atoms with van der Waals surface area (Å²) in [6, 6.07) is 1.72. The number of hydrogen-bond acceptors (Lipinski definition) is 5. The van der Waals surface area contributed by atoms with Gasteiger partial charge in [0.2, 0.25) is 5.88 Å². The van der Waals surface area contributed by atoms with Gasteiger partial charge in [-0.1, -0.05) is 0 Å². The number of halogens is 3. The average molecular weight is 465 g/mol. The quantitative estimate of drug-likeness (QED) is 0.534. The molecule has 0 aromatic carbocycles. The Labute approximate surface area is 188 Å². The van der Waals surface area contributed by atoms with Crippen LogP contribution in [-0.4, -0.2) is 43.2 Å². The standard InChI is InChI=1S/C22H26F3N5O3/c1-4-28-11-16(10-26-28)12-29-14(2)15(3)30(21(29)31)19-8-17(22(23,24)25)9-20(27-19)33-13-18-6-5-7-32-18/h8-11,18H,4-7,12-13H2,1-3H3. The van der Waals surface area contributed by atoms with E-state index in [-0.39, 0.29) is 31.0 Å². The summed E-state index contributed by atoms with van der Waals surface area (Å²) in [6.07, 6.45) is 0.361. The molecule has 1 saturated heterocycles. The fourth-order valence-electron chi connectivity index (χ4n) is 3.86. The van der Waals surface area contributed by atoms with Gasteiger partial charge in [0.05, 0.1) is 24.4 Å². The Morgan fingerprint density at radius 2 is 2.03 bits per heavy atom. The van der Waals surface area contributed by atoms with Crippen molar-refractivity contribution >= 4 is 0 Å². The van der Waals surface area contributed by atoms with Crippen molar-refractivity contribution < 1.29 is 22.6 Å². The Balaban J connectivity index is 1.72. The van der Waals surface area contributed by atoms with E-state index < -0.39 is 17.4 Å². The van der Waals surface area contributed by atoms with E-state index in [2.05, 4.69) is 10.1 Å². The number of hydrogen-bond donors (Lipinski definition) is 0. The Morgan fingerprint density at radius 1 is 1.24 bits per heavy atom. The van der Waals surface area contributed by atoms with E-state index in [1.165, 1.54) is 9.13 Å². The van der Waals surface area contributed by atoms with Crippen LogP contribution in [0.15, 0.2) is 29.3 Å². The second-order valence-electron chi connectivity index (χ2n) is 8.08. The summed E-state index contributed by atoms with van der Waals surface area (Å²) in [7, 11) is 0. The van der Waals surface area contributed by atoms with Crippen LogP contribution >= 0.6 is 0 Å². The smallest absolute Gasteiger partial charge is 0.416 e. The molecule has 8 nitrogen and oxygen atoms in total. The summed E-state index contributed by atoms with van der Waals surface area (Å²) in [4.78, 5) is 17.5. The van der Waals surface area contributed by atoms with Crippen LogP contribution in [0, 0.1) is 13.8 Å². The minimum Gasteiger partial charge on any atom is -0.475 e. The molecule has 1 fully saturated rings. The summed E-state index contributed by atoms with van der Waals surface area (Å²) in [5, 5.41) is 4.21. The third kappa shape index (κ3) is 4.82. The molecule has 11 heteroatoms. The minimum atomic E-state index is -4.62. The molecular formula is C22H26F3N5O3. The van der Waals surface area contributed by atoms with Gasteiger partial charge in [0.15, 0.2) is 0 Å². The van der Waals surface area contributed by atoms with Gasteiger partial charge in [-0.2, -0.15) is 23.3 Å². The molecule has 4 heterocycles. The number of rotatable bonds is 7. The lowest BCUT2D eigenvalue weighted by Gasteiger charge is -2.15. The van der Waals surface area contributed by atoms with Crippen molar-refractivity contribution in [1.82, 2.24) is 23.9 Å². The number of imidazole rings is 1. The van der Waals surface area contributed by atoms with Gasteiger partial charge in [-0.05, 0) is 39.7 Å². The molecule has 0 aliphatic carbocycles. The van der Waals surface area contributed by atoms with E-state index in [1.54, 1.807) is 24.7 Å². The molecule has 178 valence electrons. The first-order valence-corrected chi connectivity index (χ1v) is 10.8. The third-order valence-corrected chi connectivity index (χ3v) is 5.82. The molecule has 4 rings (SSSR count). The minimum absolute atomic E-state index is 0.100. The maximum Gasteiger partial charge on any atom is 0.416 e. The lowest BCUT2D eigenvalue weighted by atomic mass is 10.2. The van der Waals surface area contributed by atoms with Crippen molar-refractivity contribution in [3.63, 3.8) is 0 Å². The summed E-state index contributed by atoms with van der Waals surface area (Å²) < 4.78 is 56.3. The summed E-state index contributed by atoms with van der Waals surface area (Å²) in [5.41, 5.74) is 0.531. The summed E-state index contributed by atoms with van der Waals surface area (Å²) >= 11 is 0. The molecule has 0 radical (unpaired) electrons. The van der Waals surface area contributed by atoms with Gasteiger partial charge in [-0.15, -0.1) is 0 Å². The summed E-state index contributed by atoms with van der Waals surface area (Å²) in [6.45, 7) is 7.03. The Hall–Kier alpha value is -3.08. The van der Waals surface area contributed by atoms with Crippen molar-refractivity contribution in [1.29, 1.82) is 0 Å². The molecule has 3 aromatic heterocycles. The zero-order valence-electron chi connectivity index (χ0n) is 18.7. The molecule has 3 aromatic rings. The van der Waals surface area contributed by atoms with E-state index >= 15 is 0 Å². The highest BCUT2D eigenvalue weighted by atomic mass is 19.4. The van der Waals surface area contributed by atoms with Crippen molar-refractivity contribution in [3.8, 4) is 11.7 Å². The van der Waals surface area contributed by atoms with E-state index in [0.29, 0.717) is 24.5 Å². The molecule has 0 saturated carbocycles. The monoisotopic (exact) mass is 465 g/mol. The number of pyridine rings is 1. The van der Waals surface area contributed by atoms with Crippen LogP contribution in [-0.2, 0) is 24.0 Å². The molecular weight excluding hydrogens is 439 g/mol. The number of aryl methyl sites for hydroxylation is 1. The van der Waals surface area contributed by atoms with Gasteiger partial charge in [0.1, 0.15) is 12.4 Å². The fraction of sp³-hybridized carbons (Fsp3) is 0.500. The molecule has 33 heavy (non-hydrogen) atoms. The lowest BCUT2D eigenvalue weighted by molar-refractivity contribution is -0.137. The van der Waals surface area contributed by atoms with Gasteiger partial charge < -0.3 is 9.47 Å². The predicted molar refractivity (Wildman–Crippen MR) is 114 cm³/mol. The number of alkyl halides is 3. The van der Waals surface area contributed by atoms with Crippen molar-refractivity contribution in [3.05, 3.63) is 57.5 Å². The molecule has 1 unspecified atom stereocenters. The van der Waals surface area contributed by atoms with Gasteiger partial charge in [-0.25, -0.2) is 9.36 Å². The van der Waals surface area contributed by atoms with E-state index in [9.17, 15) is 18.0 Å². The topological polar surface area (TPSA) is 76.1 Å². The Kier molecular flexibility index (Phi) is 6.33. The first kappa shape index (κ1) is 23.1. The van der Waals surface area contributed by atoms with Gasteiger partial charge in [0, 0.05) is 42.4 Å². The highest BCUT2D eigenvalue weighted by Gasteiger charge is 2.33. The maximum atomic E-state index is 13.6. The van der Waals surface area contributed by atoms with E-state index in [1.807, 2.05) is 13.1 Å². The molecule has 1 atom stereocenters. The molecule has 0 N–H and O–H groups in total. The van der Waals surface area contributed by atoms with Crippen molar-refractivity contribution in [2.24, 2.45) is 0 Å². The number of ether oxygens (including phenoxy) is 2. The van der Waals surface area contributed by atoms with E-state index in [0.717, 1.165) is 30.5 Å². The van der Waals surface area contributed by atoms with Crippen LogP contribution in [0.2, 0.25) is 0 Å². The fourth-order valence-corrected chi connectivity index (χ4v) is 3.86. The molecule has 0 amide bonds. The van der Waals surface area contributed by atoms with Crippen LogP contribution in [0.25, 0.3) is 5.82 Å². The Morgan fingerprint density at radius 3 is 2.67 bits per heavy atom. The number of aromatic nitrogens is 5. The van der Waals surface area contributed by atoms with Gasteiger partial charge >= 0.3 is 11.9 Å². The maximum absolute atomic E-state index is 13.6. The molecule has 1 aliphatic rings.